The summed E-state index contributed by atoms with van der Waals surface area (Å²) < 4.78 is 0. The lowest BCUT2D eigenvalue weighted by Crippen LogP contribution is -2.31. The van der Waals surface area contributed by atoms with Gasteiger partial charge in [-0.3, -0.25) is 0 Å². The summed E-state index contributed by atoms with van der Waals surface area (Å²) in [6.07, 6.45) is 0. The van der Waals surface area contributed by atoms with Crippen LogP contribution in [0.2, 0.25) is 0 Å². The fraction of sp³-hybridized carbons (Fsp3) is 0.778. The molecule has 0 saturated carbocycles. The Morgan fingerprint density at radius 3 is 2.64 bits per heavy atom. The monoisotopic (exact) mass is 214 g/mol. The van der Waals surface area contributed by atoms with Crippen molar-refractivity contribution in [3.63, 3.8) is 0 Å². The summed E-state index contributed by atoms with van der Waals surface area (Å²) in [5.74, 6) is 0.499. The van der Waals surface area contributed by atoms with Gasteiger partial charge in [0, 0.05) is 13.1 Å². The van der Waals surface area contributed by atoms with Gasteiger partial charge >= 0.3 is 0 Å². The van der Waals surface area contributed by atoms with Crippen molar-refractivity contribution in [3.8, 4) is 0 Å². The van der Waals surface area contributed by atoms with E-state index >= 15 is 0 Å². The fourth-order valence-electron chi connectivity index (χ4n) is 1.21. The van der Waals surface area contributed by atoms with Crippen molar-refractivity contribution in [1.82, 2.24) is 10.2 Å². The van der Waals surface area contributed by atoms with Crippen molar-refractivity contribution in [1.29, 1.82) is 0 Å². The molecule has 0 fully saturated rings. The molecule has 1 rings (SSSR count). The standard InChI is InChI=1S/C9H18N4S/c1-4-13(6-7(2)5-10)9-12-11-8(3)14-9/h7H,4-6,10H2,1-3H3. The van der Waals surface area contributed by atoms with Crippen LogP contribution in [0.25, 0.3) is 0 Å². The highest BCUT2D eigenvalue weighted by molar-refractivity contribution is 7.15. The minimum Gasteiger partial charge on any atom is -0.347 e. The molecule has 14 heavy (non-hydrogen) atoms. The summed E-state index contributed by atoms with van der Waals surface area (Å²) in [5.41, 5.74) is 5.60. The minimum absolute atomic E-state index is 0.499. The van der Waals surface area contributed by atoms with Crippen molar-refractivity contribution in [2.45, 2.75) is 20.8 Å². The summed E-state index contributed by atoms with van der Waals surface area (Å²) >= 11 is 1.64. The molecule has 1 aromatic rings. The molecule has 0 aliphatic heterocycles. The van der Waals surface area contributed by atoms with Gasteiger partial charge in [0.1, 0.15) is 5.01 Å². The molecule has 4 nitrogen and oxygen atoms in total. The maximum atomic E-state index is 5.60. The van der Waals surface area contributed by atoms with E-state index in [1.807, 2.05) is 6.92 Å². The van der Waals surface area contributed by atoms with E-state index in [0.717, 1.165) is 23.2 Å². The maximum Gasteiger partial charge on any atom is 0.208 e. The molecule has 0 aliphatic rings. The van der Waals surface area contributed by atoms with Crippen LogP contribution >= 0.6 is 11.3 Å². The van der Waals surface area contributed by atoms with Gasteiger partial charge in [0.05, 0.1) is 0 Å². The summed E-state index contributed by atoms with van der Waals surface area (Å²) in [6, 6.07) is 0. The zero-order valence-corrected chi connectivity index (χ0v) is 9.84. The van der Waals surface area contributed by atoms with Gasteiger partial charge in [0.2, 0.25) is 5.13 Å². The Morgan fingerprint density at radius 1 is 1.50 bits per heavy atom. The zero-order valence-electron chi connectivity index (χ0n) is 9.03. The molecule has 1 aromatic heterocycles. The molecule has 1 unspecified atom stereocenters. The van der Waals surface area contributed by atoms with Crippen molar-refractivity contribution in [2.24, 2.45) is 11.7 Å². The molecular formula is C9H18N4S. The Morgan fingerprint density at radius 2 is 2.21 bits per heavy atom. The molecule has 0 bridgehead atoms. The number of nitrogens with zero attached hydrogens (tertiary/aromatic N) is 3. The van der Waals surface area contributed by atoms with Crippen LogP contribution in [-0.2, 0) is 0 Å². The van der Waals surface area contributed by atoms with Crippen LogP contribution in [-0.4, -0.2) is 29.8 Å². The van der Waals surface area contributed by atoms with Crippen LogP contribution in [0, 0.1) is 12.8 Å². The van der Waals surface area contributed by atoms with Crippen LogP contribution in [0.15, 0.2) is 0 Å². The van der Waals surface area contributed by atoms with Gasteiger partial charge in [0.15, 0.2) is 0 Å². The highest BCUT2D eigenvalue weighted by Gasteiger charge is 2.11. The molecule has 2 N–H and O–H groups in total. The summed E-state index contributed by atoms with van der Waals surface area (Å²) in [5, 5.41) is 10.2. The van der Waals surface area contributed by atoms with Gasteiger partial charge in [0.25, 0.3) is 0 Å². The number of hydrogen-bond donors (Lipinski definition) is 1. The lowest BCUT2D eigenvalue weighted by atomic mass is 10.2. The number of hydrogen-bond acceptors (Lipinski definition) is 5. The lowest BCUT2D eigenvalue weighted by Gasteiger charge is -2.22. The fourth-order valence-corrected chi connectivity index (χ4v) is 1.97. The third-order valence-electron chi connectivity index (χ3n) is 2.10. The normalized spacial score (nSPS) is 12.9. The molecular weight excluding hydrogens is 196 g/mol. The molecule has 0 spiro atoms. The average Bonchev–Trinajstić information content (AvgIpc) is 2.60. The summed E-state index contributed by atoms with van der Waals surface area (Å²) in [6.45, 7) is 8.88. The number of aryl methyl sites for hydroxylation is 1. The molecule has 1 atom stereocenters. The van der Waals surface area contributed by atoms with Crippen LogP contribution in [0.4, 0.5) is 5.13 Å². The first kappa shape index (κ1) is 11.4. The third-order valence-corrected chi connectivity index (χ3v) is 3.00. The molecule has 5 heteroatoms. The molecule has 0 aliphatic carbocycles. The van der Waals surface area contributed by atoms with Crippen LogP contribution in [0.1, 0.15) is 18.9 Å². The average molecular weight is 214 g/mol. The SMILES string of the molecule is CCN(CC(C)CN)c1nnc(C)s1. The Bertz CT molecular complexity index is 274. The first-order valence-corrected chi connectivity index (χ1v) is 5.74. The van der Waals surface area contributed by atoms with Gasteiger partial charge in [-0.05, 0) is 26.3 Å². The smallest absolute Gasteiger partial charge is 0.208 e. The first-order chi connectivity index (χ1) is 6.67. The van der Waals surface area contributed by atoms with E-state index in [0.29, 0.717) is 12.5 Å². The molecule has 1 heterocycles. The number of aromatic nitrogens is 2. The zero-order chi connectivity index (χ0) is 10.6. The summed E-state index contributed by atoms with van der Waals surface area (Å²) in [7, 11) is 0. The molecule has 0 aromatic carbocycles. The maximum absolute atomic E-state index is 5.60. The quantitative estimate of drug-likeness (QED) is 0.802. The summed E-state index contributed by atoms with van der Waals surface area (Å²) in [4.78, 5) is 2.22. The first-order valence-electron chi connectivity index (χ1n) is 4.92. The predicted octanol–water partition coefficient (Wildman–Crippen LogP) is 1.27. The van der Waals surface area contributed by atoms with Crippen molar-refractivity contribution in [2.75, 3.05) is 24.5 Å². The van der Waals surface area contributed by atoms with E-state index < -0.39 is 0 Å². The minimum atomic E-state index is 0.499. The number of anilines is 1. The van der Waals surface area contributed by atoms with E-state index in [-0.39, 0.29) is 0 Å². The Kier molecular flexibility index (Phi) is 4.28. The van der Waals surface area contributed by atoms with Gasteiger partial charge in [-0.25, -0.2) is 0 Å². The lowest BCUT2D eigenvalue weighted by molar-refractivity contribution is 0.574. The Balaban J connectivity index is 2.62. The van der Waals surface area contributed by atoms with Crippen molar-refractivity contribution < 1.29 is 0 Å². The van der Waals surface area contributed by atoms with E-state index in [1.165, 1.54) is 0 Å². The molecule has 0 amide bonds. The highest BCUT2D eigenvalue weighted by atomic mass is 32.1. The number of nitrogens with two attached hydrogens (primary N) is 1. The van der Waals surface area contributed by atoms with Gasteiger partial charge in [-0.1, -0.05) is 18.3 Å². The predicted molar refractivity (Wildman–Crippen MR) is 60.8 cm³/mol. The van der Waals surface area contributed by atoms with Crippen LogP contribution in [0.5, 0.6) is 0 Å². The number of rotatable bonds is 5. The second kappa shape index (κ2) is 5.26. The van der Waals surface area contributed by atoms with Gasteiger partial charge in [-0.2, -0.15) is 0 Å². The Labute approximate surface area is 89.1 Å². The van der Waals surface area contributed by atoms with Crippen molar-refractivity contribution in [3.05, 3.63) is 5.01 Å². The van der Waals surface area contributed by atoms with E-state index in [1.54, 1.807) is 11.3 Å². The van der Waals surface area contributed by atoms with Gasteiger partial charge < -0.3 is 10.6 Å². The van der Waals surface area contributed by atoms with E-state index in [9.17, 15) is 0 Å². The van der Waals surface area contributed by atoms with E-state index in [2.05, 4.69) is 28.9 Å². The van der Waals surface area contributed by atoms with E-state index in [4.69, 9.17) is 5.73 Å². The van der Waals surface area contributed by atoms with Crippen molar-refractivity contribution >= 4 is 16.5 Å². The third kappa shape index (κ3) is 2.92. The van der Waals surface area contributed by atoms with Crippen LogP contribution in [0.3, 0.4) is 0 Å². The second-order valence-electron chi connectivity index (χ2n) is 3.48. The second-order valence-corrected chi connectivity index (χ2v) is 4.64. The molecule has 80 valence electrons. The van der Waals surface area contributed by atoms with Gasteiger partial charge in [-0.15, -0.1) is 10.2 Å². The topological polar surface area (TPSA) is 55.0 Å². The molecule has 0 radical (unpaired) electrons. The Hall–Kier alpha value is -0.680. The largest absolute Gasteiger partial charge is 0.347 e. The highest BCUT2D eigenvalue weighted by Crippen LogP contribution is 2.19. The van der Waals surface area contributed by atoms with Crippen LogP contribution < -0.4 is 10.6 Å². The molecule has 0 saturated heterocycles.